The third-order valence-corrected chi connectivity index (χ3v) is 5.85. The molecule has 0 aliphatic carbocycles. The predicted molar refractivity (Wildman–Crippen MR) is 122 cm³/mol. The Hall–Kier alpha value is -3.44. The lowest BCUT2D eigenvalue weighted by molar-refractivity contribution is -0.131. The van der Waals surface area contributed by atoms with Gasteiger partial charge in [0.05, 0.1) is 11.6 Å². The average molecular weight is 433 g/mol. The van der Waals surface area contributed by atoms with Gasteiger partial charge in [-0.05, 0) is 55.9 Å². The average Bonchev–Trinajstić information content (AvgIpc) is 2.99. The summed E-state index contributed by atoms with van der Waals surface area (Å²) in [7, 11) is 0. The number of anilines is 1. The maximum absolute atomic E-state index is 13.1. The molecule has 1 amide bonds. The molecule has 0 radical (unpaired) electrons. The molecule has 1 aromatic heterocycles. The number of H-pyrrole nitrogens is 1. The second-order valence-electron chi connectivity index (χ2n) is 7.69. The van der Waals surface area contributed by atoms with Crippen molar-refractivity contribution >= 4 is 23.8 Å². The van der Waals surface area contributed by atoms with Crippen molar-refractivity contribution in [2.45, 2.75) is 19.9 Å². The number of hydrogen-bond acceptors (Lipinski definition) is 5. The minimum absolute atomic E-state index is 0.0353. The van der Waals surface area contributed by atoms with Crippen molar-refractivity contribution in [2.75, 3.05) is 31.1 Å². The van der Waals surface area contributed by atoms with Crippen LogP contribution in [0, 0.1) is 23.0 Å². The number of aromatic amines is 1. The van der Waals surface area contributed by atoms with Gasteiger partial charge in [0.1, 0.15) is 6.54 Å². The van der Waals surface area contributed by atoms with Gasteiger partial charge < -0.3 is 9.80 Å². The minimum Gasteiger partial charge on any atom is -0.370 e. The zero-order chi connectivity index (χ0) is 21.8. The maximum Gasteiger partial charge on any atom is 0.242 e. The molecule has 1 aliphatic rings. The van der Waals surface area contributed by atoms with Crippen LogP contribution in [0.5, 0.6) is 0 Å². The van der Waals surface area contributed by atoms with E-state index in [-0.39, 0.29) is 12.5 Å². The molecule has 1 aliphatic heterocycles. The number of aromatic nitrogens is 3. The van der Waals surface area contributed by atoms with Crippen molar-refractivity contribution in [2.24, 2.45) is 0 Å². The van der Waals surface area contributed by atoms with E-state index in [2.05, 4.69) is 21.2 Å². The number of benzene rings is 2. The predicted octanol–water partition coefficient (Wildman–Crippen LogP) is 3.53. The Labute approximate surface area is 186 Å². The summed E-state index contributed by atoms with van der Waals surface area (Å²) >= 11 is 5.40. The van der Waals surface area contributed by atoms with Crippen molar-refractivity contribution < 1.29 is 4.79 Å². The maximum atomic E-state index is 13.1. The molecule has 8 heteroatoms. The van der Waals surface area contributed by atoms with Gasteiger partial charge in [-0.2, -0.15) is 10.4 Å². The first kappa shape index (κ1) is 20.8. The fraction of sp³-hybridized carbons (Fsp3) is 0.304. The number of amides is 1. The van der Waals surface area contributed by atoms with Gasteiger partial charge in [-0.1, -0.05) is 23.8 Å². The molecule has 1 N–H and O–H groups in total. The van der Waals surface area contributed by atoms with Crippen LogP contribution in [0.25, 0.3) is 11.4 Å². The van der Waals surface area contributed by atoms with Crippen molar-refractivity contribution in [1.82, 2.24) is 19.7 Å². The molecule has 3 aromatic rings. The van der Waals surface area contributed by atoms with Crippen molar-refractivity contribution in [3.05, 3.63) is 64.4 Å². The molecular formula is C23H24N6OS. The highest BCUT2D eigenvalue weighted by Crippen LogP contribution is 2.20. The fourth-order valence-electron chi connectivity index (χ4n) is 3.88. The highest BCUT2D eigenvalue weighted by Gasteiger charge is 2.21. The van der Waals surface area contributed by atoms with Crippen LogP contribution in [0.3, 0.4) is 0 Å². The van der Waals surface area contributed by atoms with Gasteiger partial charge in [0.2, 0.25) is 5.91 Å². The highest BCUT2D eigenvalue weighted by atomic mass is 32.1. The Morgan fingerprint density at radius 3 is 2.71 bits per heavy atom. The van der Waals surface area contributed by atoms with Crippen LogP contribution in [0.1, 0.15) is 17.5 Å². The van der Waals surface area contributed by atoms with Crippen molar-refractivity contribution in [1.29, 1.82) is 5.26 Å². The SMILES string of the molecule is Cc1cccc(-c2n[nH]c(=S)n2CC(=O)N2CCCN(c3ccc(C#N)cc3)CC2)c1. The number of nitriles is 1. The van der Waals surface area contributed by atoms with Gasteiger partial charge in [0, 0.05) is 37.4 Å². The lowest BCUT2D eigenvalue weighted by Crippen LogP contribution is -2.37. The van der Waals surface area contributed by atoms with Crippen LogP contribution >= 0.6 is 12.2 Å². The van der Waals surface area contributed by atoms with Gasteiger partial charge in [0.15, 0.2) is 10.6 Å². The van der Waals surface area contributed by atoms with Crippen molar-refractivity contribution in [3.8, 4) is 17.5 Å². The molecule has 4 rings (SSSR count). The van der Waals surface area contributed by atoms with Crippen LogP contribution < -0.4 is 4.90 Å². The number of nitrogens with zero attached hydrogens (tertiary/aromatic N) is 5. The van der Waals surface area contributed by atoms with Gasteiger partial charge in [-0.15, -0.1) is 0 Å². The Bertz CT molecular complexity index is 1170. The summed E-state index contributed by atoms with van der Waals surface area (Å²) < 4.78 is 2.22. The summed E-state index contributed by atoms with van der Waals surface area (Å²) in [6.45, 7) is 5.15. The number of aryl methyl sites for hydroxylation is 1. The molecule has 1 saturated heterocycles. The number of hydrogen-bond donors (Lipinski definition) is 1. The van der Waals surface area contributed by atoms with E-state index in [1.807, 2.05) is 60.4 Å². The van der Waals surface area contributed by atoms with Crippen molar-refractivity contribution in [3.63, 3.8) is 0 Å². The third kappa shape index (κ3) is 4.67. The van der Waals surface area contributed by atoms with Crippen LogP contribution in [0.2, 0.25) is 0 Å². The Morgan fingerprint density at radius 1 is 1.16 bits per heavy atom. The molecule has 0 atom stereocenters. The molecule has 7 nitrogen and oxygen atoms in total. The lowest BCUT2D eigenvalue weighted by Gasteiger charge is -2.24. The van der Waals surface area contributed by atoms with E-state index in [4.69, 9.17) is 17.5 Å². The Morgan fingerprint density at radius 2 is 1.97 bits per heavy atom. The fourth-order valence-corrected chi connectivity index (χ4v) is 4.07. The van der Waals surface area contributed by atoms with E-state index < -0.39 is 0 Å². The Kier molecular flexibility index (Phi) is 6.14. The third-order valence-electron chi connectivity index (χ3n) is 5.54. The second kappa shape index (κ2) is 9.14. The van der Waals surface area contributed by atoms with E-state index in [1.54, 1.807) is 4.57 Å². The molecule has 2 heterocycles. The summed E-state index contributed by atoms with van der Waals surface area (Å²) in [5.41, 5.74) is 3.78. The molecule has 2 aromatic carbocycles. The van der Waals surface area contributed by atoms with Crippen LogP contribution in [0.15, 0.2) is 48.5 Å². The first-order valence-corrected chi connectivity index (χ1v) is 10.7. The minimum atomic E-state index is 0.0353. The van der Waals surface area contributed by atoms with Crippen LogP contribution in [0.4, 0.5) is 5.69 Å². The van der Waals surface area contributed by atoms with E-state index in [0.29, 0.717) is 29.2 Å². The molecule has 158 valence electrons. The molecule has 0 unspecified atom stereocenters. The highest BCUT2D eigenvalue weighted by molar-refractivity contribution is 7.71. The van der Waals surface area contributed by atoms with Gasteiger partial charge >= 0.3 is 0 Å². The first-order chi connectivity index (χ1) is 15.0. The normalized spacial score (nSPS) is 14.2. The van der Waals surface area contributed by atoms with Gasteiger partial charge in [-0.3, -0.25) is 14.5 Å². The second-order valence-corrected chi connectivity index (χ2v) is 8.07. The molecular weight excluding hydrogens is 408 g/mol. The molecule has 0 saturated carbocycles. The van der Waals surface area contributed by atoms with E-state index in [9.17, 15) is 4.79 Å². The molecule has 0 spiro atoms. The number of carbonyl (C=O) groups excluding carboxylic acids is 1. The summed E-state index contributed by atoms with van der Waals surface area (Å²) in [6.07, 6.45) is 0.882. The summed E-state index contributed by atoms with van der Waals surface area (Å²) in [6, 6.07) is 17.7. The number of nitrogens with one attached hydrogen (secondary N) is 1. The largest absolute Gasteiger partial charge is 0.370 e. The molecule has 1 fully saturated rings. The van der Waals surface area contributed by atoms with E-state index in [0.717, 1.165) is 36.3 Å². The molecule has 0 bridgehead atoms. The first-order valence-electron chi connectivity index (χ1n) is 10.3. The monoisotopic (exact) mass is 432 g/mol. The quantitative estimate of drug-likeness (QED) is 0.638. The smallest absolute Gasteiger partial charge is 0.242 e. The number of rotatable bonds is 4. The Balaban J connectivity index is 1.46. The zero-order valence-electron chi connectivity index (χ0n) is 17.4. The summed E-state index contributed by atoms with van der Waals surface area (Å²) in [5, 5.41) is 16.2. The van der Waals surface area contributed by atoms with E-state index >= 15 is 0 Å². The summed E-state index contributed by atoms with van der Waals surface area (Å²) in [4.78, 5) is 17.3. The standard InChI is InChI=1S/C23H24N6OS/c1-17-4-2-5-19(14-17)22-25-26-23(31)29(22)16-21(30)28-11-3-10-27(12-13-28)20-8-6-18(15-24)7-9-20/h2,4-9,14H,3,10-13,16H2,1H3,(H,26,31). The van der Waals surface area contributed by atoms with Crippen LogP contribution in [-0.4, -0.2) is 51.8 Å². The molecule has 31 heavy (non-hydrogen) atoms. The van der Waals surface area contributed by atoms with E-state index in [1.165, 1.54) is 0 Å². The zero-order valence-corrected chi connectivity index (χ0v) is 18.2. The van der Waals surface area contributed by atoms with Gasteiger partial charge in [-0.25, -0.2) is 0 Å². The summed E-state index contributed by atoms with van der Waals surface area (Å²) in [5.74, 6) is 0.712. The van der Waals surface area contributed by atoms with Gasteiger partial charge in [0.25, 0.3) is 0 Å². The lowest BCUT2D eigenvalue weighted by atomic mass is 10.1. The topological polar surface area (TPSA) is 81.0 Å². The number of carbonyl (C=O) groups is 1. The van der Waals surface area contributed by atoms with Crippen LogP contribution in [-0.2, 0) is 11.3 Å².